The summed E-state index contributed by atoms with van der Waals surface area (Å²) in [4.78, 5) is 26.4. The number of rotatable bonds is 3. The Morgan fingerprint density at radius 2 is 1.91 bits per heavy atom. The quantitative estimate of drug-likeness (QED) is 0.797. The largest absolute Gasteiger partial charge is 0.444 e. The Bertz CT molecular complexity index is 654. The molecule has 5 atom stereocenters. The van der Waals surface area contributed by atoms with Gasteiger partial charge in [0.25, 0.3) is 0 Å². The molecule has 3 aliphatic rings. The third kappa shape index (κ3) is 2.24. The lowest BCUT2D eigenvalue weighted by Crippen LogP contribution is -2.43. The summed E-state index contributed by atoms with van der Waals surface area (Å²) in [7, 11) is -1.26. The number of benzene rings is 1. The number of hydrogen-bond donors (Lipinski definition) is 0. The van der Waals surface area contributed by atoms with Gasteiger partial charge in [0, 0.05) is 20.0 Å². The lowest BCUT2D eigenvalue weighted by molar-refractivity contribution is -0.132. The fourth-order valence-corrected chi connectivity index (χ4v) is 8.10. The van der Waals surface area contributed by atoms with Crippen LogP contribution in [0.15, 0.2) is 30.3 Å². The number of ether oxygens (including phenoxy) is 1. The first-order valence-corrected chi connectivity index (χ1v) is 12.0. The van der Waals surface area contributed by atoms with Gasteiger partial charge in [0.2, 0.25) is 5.91 Å². The first-order chi connectivity index (χ1) is 10.9. The summed E-state index contributed by atoms with van der Waals surface area (Å²) in [5, 5.41) is 0. The van der Waals surface area contributed by atoms with E-state index in [9.17, 15) is 9.59 Å². The van der Waals surface area contributed by atoms with Crippen molar-refractivity contribution in [2.75, 3.05) is 0 Å². The van der Waals surface area contributed by atoms with E-state index in [2.05, 4.69) is 19.6 Å². The second-order valence-electron chi connectivity index (χ2n) is 8.20. The predicted octanol–water partition coefficient (Wildman–Crippen LogP) is 3.51. The van der Waals surface area contributed by atoms with Crippen molar-refractivity contribution in [3.05, 3.63) is 35.9 Å². The van der Waals surface area contributed by atoms with Crippen LogP contribution in [-0.2, 0) is 16.1 Å². The molecular weight excluding hydrogens is 306 g/mol. The van der Waals surface area contributed by atoms with E-state index in [1.54, 1.807) is 0 Å². The van der Waals surface area contributed by atoms with E-state index in [0.29, 0.717) is 17.4 Å². The van der Waals surface area contributed by atoms with Crippen molar-refractivity contribution >= 4 is 20.1 Å². The van der Waals surface area contributed by atoms with Crippen LogP contribution in [0.1, 0.15) is 12.0 Å². The van der Waals surface area contributed by atoms with Crippen LogP contribution < -0.4 is 0 Å². The Labute approximate surface area is 137 Å². The number of fused-ring (bicyclic) bond motifs is 5. The van der Waals surface area contributed by atoms with Crippen LogP contribution >= 0.6 is 0 Å². The number of carbonyl (C=O) groups is 2. The topological polar surface area (TPSA) is 46.6 Å². The van der Waals surface area contributed by atoms with Gasteiger partial charge in [-0.15, -0.1) is 0 Å². The second kappa shape index (κ2) is 4.93. The summed E-state index contributed by atoms with van der Waals surface area (Å²) in [5.41, 5.74) is 1.64. The number of amides is 2. The number of likely N-dealkylation sites (tertiary alicyclic amines) is 1. The van der Waals surface area contributed by atoms with E-state index in [4.69, 9.17) is 4.74 Å². The zero-order valence-electron chi connectivity index (χ0n) is 13.9. The highest BCUT2D eigenvalue weighted by molar-refractivity contribution is 6.78. The number of nitrogens with zero attached hydrogens (tertiary/aromatic N) is 1. The van der Waals surface area contributed by atoms with Crippen LogP contribution in [0.25, 0.3) is 0 Å². The van der Waals surface area contributed by atoms with Crippen LogP contribution in [0.5, 0.6) is 0 Å². The molecule has 122 valence electrons. The molecular formula is C18H23NO3Si. The summed E-state index contributed by atoms with van der Waals surface area (Å²) in [6.07, 6.45) is 0.404. The number of hydrogen-bond acceptors (Lipinski definition) is 3. The van der Waals surface area contributed by atoms with Gasteiger partial charge in [0.15, 0.2) is 0 Å². The molecule has 1 aliphatic heterocycles. The fourth-order valence-electron chi connectivity index (χ4n) is 5.00. The molecule has 0 aromatic heterocycles. The molecule has 2 bridgehead atoms. The highest BCUT2D eigenvalue weighted by Crippen LogP contribution is 2.72. The van der Waals surface area contributed by atoms with Crippen molar-refractivity contribution < 1.29 is 14.3 Å². The minimum Gasteiger partial charge on any atom is -0.444 e. The third-order valence-corrected chi connectivity index (χ3v) is 8.60. The van der Waals surface area contributed by atoms with E-state index < -0.39 is 14.2 Å². The van der Waals surface area contributed by atoms with Crippen LogP contribution in [0.2, 0.25) is 25.2 Å². The van der Waals surface area contributed by atoms with Gasteiger partial charge in [-0.1, -0.05) is 50.0 Å². The molecule has 2 amide bonds. The molecule has 1 heterocycles. The Morgan fingerprint density at radius 1 is 1.22 bits per heavy atom. The predicted molar refractivity (Wildman–Crippen MR) is 89.4 cm³/mol. The van der Waals surface area contributed by atoms with Crippen molar-refractivity contribution in [2.45, 2.75) is 44.3 Å². The average Bonchev–Trinajstić information content (AvgIpc) is 3.06. The van der Waals surface area contributed by atoms with Crippen molar-refractivity contribution in [3.8, 4) is 0 Å². The first kappa shape index (κ1) is 14.9. The van der Waals surface area contributed by atoms with Crippen molar-refractivity contribution in [1.82, 2.24) is 4.90 Å². The van der Waals surface area contributed by atoms with E-state index in [0.717, 1.165) is 12.0 Å². The number of imide groups is 1. The number of carbonyl (C=O) groups excluding carboxylic acids is 2. The molecule has 2 saturated carbocycles. The van der Waals surface area contributed by atoms with E-state index in [1.165, 1.54) is 4.90 Å². The van der Waals surface area contributed by atoms with Crippen LogP contribution in [0, 0.1) is 17.8 Å². The molecule has 0 unspecified atom stereocenters. The summed E-state index contributed by atoms with van der Waals surface area (Å²) < 4.78 is 5.40. The molecule has 1 aromatic rings. The highest BCUT2D eigenvalue weighted by atomic mass is 28.3. The zero-order valence-corrected chi connectivity index (χ0v) is 14.9. The molecule has 0 N–H and O–H groups in total. The molecule has 4 rings (SSSR count). The van der Waals surface area contributed by atoms with Crippen LogP contribution in [0.4, 0.5) is 4.79 Å². The smallest absolute Gasteiger partial charge is 0.417 e. The van der Waals surface area contributed by atoms with Gasteiger partial charge in [-0.3, -0.25) is 4.79 Å². The van der Waals surface area contributed by atoms with E-state index in [-0.39, 0.29) is 24.5 Å². The maximum atomic E-state index is 12.6. The minimum atomic E-state index is -1.26. The molecule has 3 fully saturated rings. The Hall–Kier alpha value is -1.62. The van der Waals surface area contributed by atoms with Gasteiger partial charge in [-0.25, -0.2) is 9.69 Å². The van der Waals surface area contributed by atoms with Crippen LogP contribution in [0.3, 0.4) is 0 Å². The maximum Gasteiger partial charge on any atom is 0.417 e. The summed E-state index contributed by atoms with van der Waals surface area (Å²) >= 11 is 0. The minimum absolute atomic E-state index is 0.00932. The maximum absolute atomic E-state index is 12.6. The Kier molecular flexibility index (Phi) is 3.20. The molecule has 0 radical (unpaired) electrons. The third-order valence-electron chi connectivity index (χ3n) is 5.83. The van der Waals surface area contributed by atoms with Gasteiger partial charge < -0.3 is 4.74 Å². The van der Waals surface area contributed by atoms with Crippen molar-refractivity contribution in [1.29, 1.82) is 0 Å². The van der Waals surface area contributed by atoms with Gasteiger partial charge in [-0.2, -0.15) is 0 Å². The average molecular weight is 329 g/mol. The molecule has 5 heteroatoms. The molecule has 1 saturated heterocycles. The first-order valence-electron chi connectivity index (χ1n) is 8.43. The highest BCUT2D eigenvalue weighted by Gasteiger charge is 2.74. The van der Waals surface area contributed by atoms with E-state index >= 15 is 0 Å². The fraction of sp³-hybridized carbons (Fsp3) is 0.556. The lowest BCUT2D eigenvalue weighted by atomic mass is 10.1. The molecule has 23 heavy (non-hydrogen) atoms. The van der Waals surface area contributed by atoms with Crippen molar-refractivity contribution in [3.63, 3.8) is 0 Å². The van der Waals surface area contributed by atoms with Gasteiger partial charge >= 0.3 is 6.09 Å². The van der Waals surface area contributed by atoms with Gasteiger partial charge in [0.05, 0.1) is 0 Å². The summed E-state index contributed by atoms with van der Waals surface area (Å²) in [6, 6.07) is 9.70. The normalized spacial score (nSPS) is 34.5. The zero-order chi connectivity index (χ0) is 16.4. The van der Waals surface area contributed by atoms with E-state index in [1.807, 2.05) is 30.3 Å². The summed E-state index contributed by atoms with van der Waals surface area (Å²) in [6.45, 7) is 7.35. The van der Waals surface area contributed by atoms with Gasteiger partial charge in [-0.05, 0) is 29.4 Å². The molecule has 2 aliphatic carbocycles. The Balaban J connectivity index is 1.44. The monoisotopic (exact) mass is 329 g/mol. The number of piperidine rings is 1. The lowest BCUT2D eigenvalue weighted by Gasteiger charge is -2.25. The second-order valence-corrected chi connectivity index (χ2v) is 13.6. The van der Waals surface area contributed by atoms with Gasteiger partial charge in [0.1, 0.15) is 6.61 Å². The molecule has 0 spiro atoms. The standard InChI is InChI=1S/C18H23NO3Si/c1-23(2,3)16-14-12-9-13(15(14)16)19(17(12)20)18(21)22-10-11-7-5-4-6-8-11/h4-8,12-16H,9-10H2,1-3H3/t12-,13+,14+,15-,16-/m0/s1. The summed E-state index contributed by atoms with van der Waals surface area (Å²) in [5.74, 6) is 1.19. The SMILES string of the molecule is C[Si](C)(C)[C@H]1[C@H]2[C@@H]1[C@H]1C[C@@H]2C(=O)N1C(=O)OCc1ccccc1. The van der Waals surface area contributed by atoms with Crippen LogP contribution in [-0.4, -0.2) is 31.0 Å². The molecule has 4 nitrogen and oxygen atoms in total. The van der Waals surface area contributed by atoms with Crippen molar-refractivity contribution in [2.24, 2.45) is 17.8 Å². The Morgan fingerprint density at radius 3 is 2.57 bits per heavy atom. The molecule has 1 aromatic carbocycles.